The number of aromatic hydroxyl groups is 1. The number of benzene rings is 1. The Bertz CT molecular complexity index is 1590. The quantitative estimate of drug-likeness (QED) is 0.200. The smallest absolute Gasteiger partial charge is 0.264 e. The number of ether oxygens (including phenoxy) is 2. The molecule has 2 N–H and O–H groups in total. The first kappa shape index (κ1) is 29.1. The van der Waals surface area contributed by atoms with Gasteiger partial charge in [0.05, 0.1) is 31.5 Å². The summed E-state index contributed by atoms with van der Waals surface area (Å²) in [4.78, 5) is 33.2. The summed E-state index contributed by atoms with van der Waals surface area (Å²) in [5, 5.41) is 19.7. The van der Waals surface area contributed by atoms with Crippen LogP contribution in [0.2, 0.25) is 0 Å². The van der Waals surface area contributed by atoms with E-state index in [9.17, 15) is 9.90 Å². The largest absolute Gasteiger partial charge is 0.506 e. The molecule has 12 heteroatoms. The summed E-state index contributed by atoms with van der Waals surface area (Å²) >= 11 is 0. The van der Waals surface area contributed by atoms with E-state index in [4.69, 9.17) is 13.9 Å². The van der Waals surface area contributed by atoms with Crippen LogP contribution >= 0.6 is 0 Å². The second-order valence-electron chi connectivity index (χ2n) is 9.16. The summed E-state index contributed by atoms with van der Waals surface area (Å²) in [6, 6.07) is 5.31. The van der Waals surface area contributed by atoms with Crippen LogP contribution in [0.25, 0.3) is 22.6 Å². The lowest BCUT2D eigenvalue weighted by molar-refractivity contribution is 0.396. The number of pyridine rings is 1. The van der Waals surface area contributed by atoms with E-state index < -0.39 is 5.56 Å². The number of nitrogens with one attached hydrogen (secondary N) is 1. The lowest BCUT2D eigenvalue weighted by atomic mass is 9.96. The number of hydrogen-bond acceptors (Lipinski definition) is 10. The fraction of sp³-hybridized carbons (Fsp3) is 0.345. The van der Waals surface area contributed by atoms with Gasteiger partial charge in [-0.25, -0.2) is 9.98 Å². The summed E-state index contributed by atoms with van der Waals surface area (Å²) in [5.41, 5.74) is 2.13. The molecule has 12 nitrogen and oxygen atoms in total. The number of aromatic amines is 1. The minimum atomic E-state index is -0.535. The number of methoxy groups -OCH3 is 2. The van der Waals surface area contributed by atoms with E-state index in [-0.39, 0.29) is 23.1 Å². The molecular weight excluding hydrogens is 526 g/mol. The number of aryl methyl sites for hydroxylation is 2. The average molecular weight is 560 g/mol. The fourth-order valence-electron chi connectivity index (χ4n) is 4.36. The third kappa shape index (κ3) is 6.48. The fourth-order valence-corrected chi connectivity index (χ4v) is 4.36. The predicted molar refractivity (Wildman–Crippen MR) is 155 cm³/mol. The van der Waals surface area contributed by atoms with Gasteiger partial charge >= 0.3 is 0 Å². The van der Waals surface area contributed by atoms with Crippen molar-refractivity contribution in [3.8, 4) is 39.8 Å². The molecule has 0 unspecified atom stereocenters. The summed E-state index contributed by atoms with van der Waals surface area (Å²) in [7, 11) is 4.70. The summed E-state index contributed by atoms with van der Waals surface area (Å²) in [5.74, 6) is 1.32. The molecule has 0 spiro atoms. The molecule has 0 aliphatic carbocycles. The maximum Gasteiger partial charge on any atom is 0.264 e. The first-order valence-electron chi connectivity index (χ1n) is 13.2. The van der Waals surface area contributed by atoms with Crippen molar-refractivity contribution in [2.45, 2.75) is 46.0 Å². The van der Waals surface area contributed by atoms with Crippen LogP contribution in [0.5, 0.6) is 17.2 Å². The Kier molecular flexibility index (Phi) is 9.56. The Morgan fingerprint density at radius 1 is 1.07 bits per heavy atom. The molecule has 0 radical (unpaired) electrons. The second-order valence-corrected chi connectivity index (χ2v) is 9.16. The zero-order valence-electron chi connectivity index (χ0n) is 23.8. The minimum absolute atomic E-state index is 0.0964. The summed E-state index contributed by atoms with van der Waals surface area (Å²) in [6.07, 6.45) is 7.83. The van der Waals surface area contributed by atoms with Crippen LogP contribution in [0.3, 0.4) is 0 Å². The number of unbranched alkanes of at least 4 members (excludes halogenated alkanes) is 1. The Morgan fingerprint density at radius 3 is 2.46 bits per heavy atom. The van der Waals surface area contributed by atoms with Gasteiger partial charge in [0.2, 0.25) is 5.89 Å². The molecular formula is C29H33N7O5. The molecule has 0 aliphatic rings. The first-order valence-corrected chi connectivity index (χ1v) is 13.2. The van der Waals surface area contributed by atoms with Crippen molar-refractivity contribution in [1.29, 1.82) is 0 Å². The van der Waals surface area contributed by atoms with Crippen molar-refractivity contribution in [2.24, 2.45) is 9.98 Å². The van der Waals surface area contributed by atoms with Gasteiger partial charge in [-0.15, -0.1) is 10.2 Å². The third-order valence-corrected chi connectivity index (χ3v) is 6.41. The van der Waals surface area contributed by atoms with Crippen LogP contribution in [-0.2, 0) is 12.8 Å². The number of aliphatic imine (C=N–C) groups is 2. The molecule has 3 aromatic heterocycles. The molecule has 3 heterocycles. The van der Waals surface area contributed by atoms with Crippen molar-refractivity contribution in [3.63, 3.8) is 0 Å². The highest BCUT2D eigenvalue weighted by atomic mass is 16.5. The topological polar surface area (TPSA) is 161 Å². The van der Waals surface area contributed by atoms with E-state index in [0.717, 1.165) is 18.6 Å². The van der Waals surface area contributed by atoms with E-state index in [1.165, 1.54) is 14.2 Å². The van der Waals surface area contributed by atoms with E-state index in [0.29, 0.717) is 59.1 Å². The van der Waals surface area contributed by atoms with E-state index in [1.807, 2.05) is 13.8 Å². The molecule has 0 amide bonds. The Morgan fingerprint density at radius 2 is 1.83 bits per heavy atom. The van der Waals surface area contributed by atoms with Gasteiger partial charge in [-0.1, -0.05) is 19.4 Å². The molecule has 4 rings (SSSR count). The zero-order valence-corrected chi connectivity index (χ0v) is 23.8. The Labute approximate surface area is 237 Å². The zero-order chi connectivity index (χ0) is 29.4. The van der Waals surface area contributed by atoms with E-state index in [2.05, 4.69) is 35.1 Å². The number of rotatable bonds is 11. The SMILES string of the molecule is CCCCc1[nH]c(=O)c(-c2nnc(CCC(C)=NC(=NC)c3cnccn3)o2)c(O)c1-c1c(OC)cccc1OC. The van der Waals surface area contributed by atoms with Gasteiger partial charge in [0.25, 0.3) is 11.4 Å². The lowest BCUT2D eigenvalue weighted by Gasteiger charge is -2.18. The van der Waals surface area contributed by atoms with Crippen molar-refractivity contribution < 1.29 is 19.0 Å². The number of amidine groups is 1. The normalized spacial score (nSPS) is 12.0. The lowest BCUT2D eigenvalue weighted by Crippen LogP contribution is -2.14. The van der Waals surface area contributed by atoms with Crippen molar-refractivity contribution in [2.75, 3.05) is 21.3 Å². The highest BCUT2D eigenvalue weighted by Crippen LogP contribution is 2.46. The Balaban J connectivity index is 1.68. The van der Waals surface area contributed by atoms with Gasteiger partial charge in [0.1, 0.15) is 28.5 Å². The number of H-pyrrole nitrogens is 1. The van der Waals surface area contributed by atoms with Crippen LogP contribution in [0.4, 0.5) is 0 Å². The van der Waals surface area contributed by atoms with Gasteiger partial charge in [-0.05, 0) is 38.3 Å². The highest BCUT2D eigenvalue weighted by molar-refractivity contribution is 6.05. The molecule has 0 bridgehead atoms. The number of nitrogens with zero attached hydrogens (tertiary/aromatic N) is 6. The summed E-state index contributed by atoms with van der Waals surface area (Å²) < 4.78 is 17.0. The van der Waals surface area contributed by atoms with E-state index in [1.54, 1.807) is 43.8 Å². The maximum absolute atomic E-state index is 13.2. The van der Waals surface area contributed by atoms with Crippen molar-refractivity contribution in [1.82, 2.24) is 25.1 Å². The van der Waals surface area contributed by atoms with Gasteiger partial charge in [0.15, 0.2) is 5.84 Å². The molecule has 0 atom stereocenters. The van der Waals surface area contributed by atoms with Gasteiger partial charge in [0, 0.05) is 37.3 Å². The molecule has 4 aromatic rings. The van der Waals surface area contributed by atoms with Crippen LogP contribution in [0.1, 0.15) is 50.4 Å². The molecule has 0 aliphatic heterocycles. The molecule has 0 fully saturated rings. The molecule has 0 saturated carbocycles. The van der Waals surface area contributed by atoms with Gasteiger partial charge in [-0.3, -0.25) is 14.8 Å². The predicted octanol–water partition coefficient (Wildman–Crippen LogP) is 4.42. The first-order chi connectivity index (χ1) is 19.9. The van der Waals surface area contributed by atoms with Crippen LogP contribution in [0, 0.1) is 0 Å². The van der Waals surface area contributed by atoms with Gasteiger partial charge in [-0.2, -0.15) is 0 Å². The highest BCUT2D eigenvalue weighted by Gasteiger charge is 2.27. The summed E-state index contributed by atoms with van der Waals surface area (Å²) in [6.45, 7) is 3.91. The monoisotopic (exact) mass is 559 g/mol. The third-order valence-electron chi connectivity index (χ3n) is 6.41. The maximum atomic E-state index is 13.2. The second kappa shape index (κ2) is 13.5. The molecule has 0 saturated heterocycles. The van der Waals surface area contributed by atoms with Crippen LogP contribution in [-0.4, -0.2) is 63.1 Å². The Hall–Kier alpha value is -4.87. The van der Waals surface area contributed by atoms with Crippen LogP contribution in [0.15, 0.2) is 56.0 Å². The average Bonchev–Trinajstić information content (AvgIpc) is 3.46. The standard InChI is InChI=1S/C29H33N7O5/c1-6-7-9-18-23(24-20(39-4)10-8-11-21(24)40-5)26(37)25(28(38)34-18)29-36-35-22(41-29)13-12-17(2)33-27(30-3)19-16-31-14-15-32-19/h8,10-11,14-16H,6-7,9,12-13H2,1-5H3,(H2,34,37,38). The molecule has 41 heavy (non-hydrogen) atoms. The minimum Gasteiger partial charge on any atom is -0.506 e. The van der Waals surface area contributed by atoms with Crippen molar-refractivity contribution in [3.05, 3.63) is 64.4 Å². The molecule has 1 aromatic carbocycles. The van der Waals surface area contributed by atoms with Crippen molar-refractivity contribution >= 4 is 11.5 Å². The van der Waals surface area contributed by atoms with Crippen LogP contribution < -0.4 is 15.0 Å². The van der Waals surface area contributed by atoms with E-state index >= 15 is 0 Å². The molecule has 214 valence electrons. The number of aromatic nitrogens is 5. The van der Waals surface area contributed by atoms with Gasteiger partial charge < -0.3 is 24.0 Å². The number of hydrogen-bond donors (Lipinski definition) is 2.